The Hall–Kier alpha value is -3.39. The number of hydrogen-bond donors (Lipinski definition) is 0. The molecule has 148 valence electrons. The number of carbonyl (C=O) groups is 1. The van der Waals surface area contributed by atoms with Gasteiger partial charge in [0.25, 0.3) is 5.91 Å². The average Bonchev–Trinajstić information content (AvgIpc) is 3.07. The molecule has 7 nitrogen and oxygen atoms in total. The van der Waals surface area contributed by atoms with Crippen LogP contribution in [0, 0.1) is 0 Å². The highest BCUT2D eigenvalue weighted by atomic mass is 32.2. The summed E-state index contributed by atoms with van der Waals surface area (Å²) in [7, 11) is -1.90. The number of anilines is 1. The van der Waals surface area contributed by atoms with Gasteiger partial charge in [-0.1, -0.05) is 18.2 Å². The Bertz CT molecular complexity index is 1270. The summed E-state index contributed by atoms with van der Waals surface area (Å²) in [5.74, 6) is -0.314. The van der Waals surface area contributed by atoms with Crippen LogP contribution in [0.15, 0.2) is 75.3 Å². The summed E-state index contributed by atoms with van der Waals surface area (Å²) < 4.78 is 34.3. The predicted molar refractivity (Wildman–Crippen MR) is 109 cm³/mol. The SMILES string of the molecule is COc1ccc(N(C(=O)c2cc3ccccc3oc2=O)[C@H]2C=CS(=O)(=O)C2)cc1. The second kappa shape index (κ2) is 7.21. The van der Waals surface area contributed by atoms with Crippen molar-refractivity contribution < 1.29 is 22.4 Å². The van der Waals surface area contributed by atoms with E-state index in [2.05, 4.69) is 0 Å². The first kappa shape index (κ1) is 18.9. The fourth-order valence-electron chi connectivity index (χ4n) is 3.26. The van der Waals surface area contributed by atoms with E-state index >= 15 is 0 Å². The minimum Gasteiger partial charge on any atom is -0.497 e. The van der Waals surface area contributed by atoms with E-state index in [0.717, 1.165) is 5.41 Å². The van der Waals surface area contributed by atoms with Crippen LogP contribution < -0.4 is 15.3 Å². The zero-order valence-corrected chi connectivity index (χ0v) is 16.3. The van der Waals surface area contributed by atoms with Crippen LogP contribution in [0.5, 0.6) is 5.75 Å². The first-order chi connectivity index (χ1) is 13.9. The molecule has 0 fully saturated rings. The highest BCUT2D eigenvalue weighted by molar-refractivity contribution is 7.94. The Morgan fingerprint density at radius 2 is 1.86 bits per heavy atom. The van der Waals surface area contributed by atoms with Gasteiger partial charge in [0, 0.05) is 16.5 Å². The van der Waals surface area contributed by atoms with E-state index < -0.39 is 27.4 Å². The van der Waals surface area contributed by atoms with Gasteiger partial charge < -0.3 is 14.1 Å². The molecule has 1 aromatic heterocycles. The highest BCUT2D eigenvalue weighted by Crippen LogP contribution is 2.27. The van der Waals surface area contributed by atoms with Gasteiger partial charge in [0.1, 0.15) is 16.9 Å². The normalized spacial score (nSPS) is 17.3. The summed E-state index contributed by atoms with van der Waals surface area (Å²) in [6, 6.07) is 14.2. The molecule has 1 atom stereocenters. The lowest BCUT2D eigenvalue weighted by Crippen LogP contribution is -2.42. The zero-order valence-electron chi connectivity index (χ0n) is 15.4. The summed E-state index contributed by atoms with van der Waals surface area (Å²) in [6.45, 7) is 0. The lowest BCUT2D eigenvalue weighted by atomic mass is 10.1. The molecule has 1 aliphatic heterocycles. The predicted octanol–water partition coefficient (Wildman–Crippen LogP) is 2.76. The smallest absolute Gasteiger partial charge is 0.349 e. The van der Waals surface area contributed by atoms with Crippen molar-refractivity contribution in [2.75, 3.05) is 17.8 Å². The Morgan fingerprint density at radius 3 is 2.52 bits per heavy atom. The summed E-state index contributed by atoms with van der Waals surface area (Å²) in [6.07, 6.45) is 1.44. The molecular formula is C21H17NO6S. The van der Waals surface area contributed by atoms with Gasteiger partial charge in [-0.15, -0.1) is 0 Å². The van der Waals surface area contributed by atoms with Gasteiger partial charge in [-0.25, -0.2) is 13.2 Å². The first-order valence-corrected chi connectivity index (χ1v) is 10.5. The van der Waals surface area contributed by atoms with Gasteiger partial charge in [-0.3, -0.25) is 4.79 Å². The maximum absolute atomic E-state index is 13.4. The Labute approximate surface area is 166 Å². The first-order valence-electron chi connectivity index (χ1n) is 8.79. The number of sulfone groups is 1. The van der Waals surface area contributed by atoms with Crippen LogP contribution in [0.2, 0.25) is 0 Å². The zero-order chi connectivity index (χ0) is 20.6. The summed E-state index contributed by atoms with van der Waals surface area (Å²) in [5, 5.41) is 1.68. The van der Waals surface area contributed by atoms with E-state index in [9.17, 15) is 18.0 Å². The number of para-hydroxylation sites is 1. The second-order valence-corrected chi connectivity index (χ2v) is 8.52. The summed E-state index contributed by atoms with van der Waals surface area (Å²) in [5.41, 5.74) is -0.141. The Balaban J connectivity index is 1.82. The molecule has 0 N–H and O–H groups in total. The molecular weight excluding hydrogens is 394 g/mol. The molecule has 2 heterocycles. The minimum atomic E-state index is -3.42. The number of hydrogen-bond acceptors (Lipinski definition) is 6. The van der Waals surface area contributed by atoms with E-state index in [1.54, 1.807) is 48.5 Å². The number of methoxy groups -OCH3 is 1. The average molecular weight is 411 g/mol. The van der Waals surface area contributed by atoms with Crippen molar-refractivity contribution in [1.29, 1.82) is 0 Å². The van der Waals surface area contributed by atoms with Crippen LogP contribution in [-0.2, 0) is 9.84 Å². The molecule has 0 radical (unpaired) electrons. The Morgan fingerprint density at radius 1 is 1.14 bits per heavy atom. The maximum Gasteiger partial charge on any atom is 0.349 e. The van der Waals surface area contributed by atoms with Crippen LogP contribution in [0.4, 0.5) is 5.69 Å². The third kappa shape index (κ3) is 3.66. The molecule has 0 aliphatic carbocycles. The van der Waals surface area contributed by atoms with Crippen LogP contribution in [0.25, 0.3) is 11.0 Å². The molecule has 29 heavy (non-hydrogen) atoms. The number of carbonyl (C=O) groups excluding carboxylic acids is 1. The van der Waals surface area contributed by atoms with Crippen molar-refractivity contribution in [3.63, 3.8) is 0 Å². The molecule has 4 rings (SSSR count). The molecule has 3 aromatic rings. The van der Waals surface area contributed by atoms with Crippen LogP contribution in [0.1, 0.15) is 10.4 Å². The minimum absolute atomic E-state index is 0.169. The molecule has 0 saturated heterocycles. The van der Waals surface area contributed by atoms with Crippen LogP contribution >= 0.6 is 0 Å². The molecule has 0 unspecified atom stereocenters. The Kier molecular flexibility index (Phi) is 4.71. The van der Waals surface area contributed by atoms with Gasteiger partial charge >= 0.3 is 5.63 Å². The van der Waals surface area contributed by atoms with Gasteiger partial charge in [0.2, 0.25) is 0 Å². The third-order valence-electron chi connectivity index (χ3n) is 4.68. The second-order valence-electron chi connectivity index (χ2n) is 6.58. The van der Waals surface area contributed by atoms with Gasteiger partial charge in [-0.05, 0) is 42.5 Å². The van der Waals surface area contributed by atoms with Gasteiger partial charge in [0.05, 0.1) is 18.9 Å². The van der Waals surface area contributed by atoms with Crippen molar-refractivity contribution >= 4 is 32.4 Å². The number of nitrogens with zero attached hydrogens (tertiary/aromatic N) is 1. The molecule has 8 heteroatoms. The lowest BCUT2D eigenvalue weighted by molar-refractivity contribution is 0.0979. The summed E-state index contributed by atoms with van der Waals surface area (Å²) in [4.78, 5) is 27.1. The van der Waals surface area contributed by atoms with Crippen molar-refractivity contribution in [3.05, 3.63) is 82.1 Å². The topological polar surface area (TPSA) is 93.9 Å². The van der Waals surface area contributed by atoms with E-state index in [1.807, 2.05) is 0 Å². The van der Waals surface area contributed by atoms with E-state index in [0.29, 0.717) is 22.4 Å². The van der Waals surface area contributed by atoms with Crippen molar-refractivity contribution in [1.82, 2.24) is 0 Å². The van der Waals surface area contributed by atoms with Crippen LogP contribution in [0.3, 0.4) is 0 Å². The van der Waals surface area contributed by atoms with Crippen LogP contribution in [-0.4, -0.2) is 33.2 Å². The standard InChI is InChI=1S/C21H17NO6S/c1-27-17-8-6-15(7-9-17)22(16-10-11-29(25,26)13-16)20(23)18-12-14-4-2-3-5-19(14)28-21(18)24/h2-12,16H,13H2,1H3/t16-/m0/s1. The monoisotopic (exact) mass is 411 g/mol. The fourth-order valence-corrected chi connectivity index (χ4v) is 4.53. The van der Waals surface area contributed by atoms with E-state index in [4.69, 9.17) is 9.15 Å². The molecule has 2 aromatic carbocycles. The van der Waals surface area contributed by atoms with Crippen molar-refractivity contribution in [2.24, 2.45) is 0 Å². The number of fused-ring (bicyclic) bond motifs is 1. The third-order valence-corrected chi connectivity index (χ3v) is 6.06. The maximum atomic E-state index is 13.4. The number of amides is 1. The fraction of sp³-hybridized carbons (Fsp3) is 0.143. The molecule has 0 spiro atoms. The number of ether oxygens (including phenoxy) is 1. The largest absolute Gasteiger partial charge is 0.497 e. The van der Waals surface area contributed by atoms with E-state index in [1.165, 1.54) is 24.2 Å². The molecule has 1 aliphatic rings. The van der Waals surface area contributed by atoms with E-state index in [-0.39, 0.29) is 11.3 Å². The van der Waals surface area contributed by atoms with Crippen molar-refractivity contribution in [3.8, 4) is 5.75 Å². The summed E-state index contributed by atoms with van der Waals surface area (Å²) >= 11 is 0. The lowest BCUT2D eigenvalue weighted by Gasteiger charge is -2.27. The van der Waals surface area contributed by atoms with Crippen molar-refractivity contribution in [2.45, 2.75) is 6.04 Å². The molecule has 0 bridgehead atoms. The van der Waals surface area contributed by atoms with Gasteiger partial charge in [0.15, 0.2) is 9.84 Å². The molecule has 0 saturated carbocycles. The quantitative estimate of drug-likeness (QED) is 0.613. The molecule has 1 amide bonds. The number of benzene rings is 2. The number of rotatable bonds is 4. The highest BCUT2D eigenvalue weighted by Gasteiger charge is 2.33. The van der Waals surface area contributed by atoms with Gasteiger partial charge in [-0.2, -0.15) is 0 Å².